The van der Waals surface area contributed by atoms with Crippen LogP contribution < -0.4 is 4.90 Å². The van der Waals surface area contributed by atoms with Crippen LogP contribution >= 0.6 is 0 Å². The van der Waals surface area contributed by atoms with E-state index in [2.05, 4.69) is 9.97 Å². The number of amides is 2. The van der Waals surface area contributed by atoms with Gasteiger partial charge in [0.2, 0.25) is 5.91 Å². The summed E-state index contributed by atoms with van der Waals surface area (Å²) in [6, 6.07) is 5.81. The number of rotatable bonds is 4. The molecule has 2 aliphatic rings. The second-order valence-electron chi connectivity index (χ2n) is 8.32. The van der Waals surface area contributed by atoms with Crippen LogP contribution in [-0.4, -0.2) is 43.2 Å². The van der Waals surface area contributed by atoms with E-state index in [0.29, 0.717) is 37.6 Å². The minimum absolute atomic E-state index is 0.0326. The average Bonchev–Trinajstić information content (AvgIpc) is 3.32. The lowest BCUT2D eigenvalue weighted by molar-refractivity contribution is -0.119. The molecule has 0 unspecified atom stereocenters. The first-order valence-corrected chi connectivity index (χ1v) is 11.0. The largest absolute Gasteiger partial charge is 0.327 e. The van der Waals surface area contributed by atoms with Crippen molar-refractivity contribution in [3.8, 4) is 0 Å². The van der Waals surface area contributed by atoms with Gasteiger partial charge in [0.15, 0.2) is 5.82 Å². The van der Waals surface area contributed by atoms with Gasteiger partial charge >= 0.3 is 0 Å². The fourth-order valence-electron chi connectivity index (χ4n) is 4.52. The number of anilines is 1. The Morgan fingerprint density at radius 1 is 1.15 bits per heavy atom. The molecule has 33 heavy (non-hydrogen) atoms. The van der Waals surface area contributed by atoms with Gasteiger partial charge in [0.1, 0.15) is 17.3 Å². The van der Waals surface area contributed by atoms with Gasteiger partial charge in [-0.1, -0.05) is 12.1 Å². The summed E-state index contributed by atoms with van der Waals surface area (Å²) in [7, 11) is 0. The molecule has 1 fully saturated rings. The molecule has 0 radical (unpaired) electrons. The topological polar surface area (TPSA) is 92.2 Å². The molecule has 2 aliphatic heterocycles. The first-order chi connectivity index (χ1) is 16.0. The zero-order valence-corrected chi connectivity index (χ0v) is 18.2. The number of aromatic nitrogens is 4. The Balaban J connectivity index is 1.49. The monoisotopic (exact) mass is 446 g/mol. The molecular weight excluding hydrogens is 423 g/mol. The highest BCUT2D eigenvalue weighted by molar-refractivity contribution is 5.95. The van der Waals surface area contributed by atoms with E-state index in [4.69, 9.17) is 9.97 Å². The summed E-state index contributed by atoms with van der Waals surface area (Å²) in [6.45, 7) is 2.80. The number of halogens is 1. The molecule has 0 saturated carbocycles. The highest BCUT2D eigenvalue weighted by atomic mass is 19.1. The van der Waals surface area contributed by atoms with Gasteiger partial charge in [0.05, 0.1) is 18.8 Å². The van der Waals surface area contributed by atoms with Crippen LogP contribution in [0.4, 0.5) is 10.2 Å². The first kappa shape index (κ1) is 21.1. The van der Waals surface area contributed by atoms with Crippen LogP contribution in [-0.2, 0) is 17.8 Å². The maximum absolute atomic E-state index is 13.3. The van der Waals surface area contributed by atoms with Crippen molar-refractivity contribution in [1.29, 1.82) is 0 Å². The minimum Gasteiger partial charge on any atom is -0.327 e. The number of carbonyl (C=O) groups excluding carboxylic acids is 2. The summed E-state index contributed by atoms with van der Waals surface area (Å²) in [5, 5.41) is 0. The van der Waals surface area contributed by atoms with Gasteiger partial charge in [-0.2, -0.15) is 0 Å². The summed E-state index contributed by atoms with van der Waals surface area (Å²) in [6.07, 6.45) is 6.99. The molecule has 1 atom stereocenters. The summed E-state index contributed by atoms with van der Waals surface area (Å²) < 4.78 is 13.3. The predicted octanol–water partition coefficient (Wildman–Crippen LogP) is 3.17. The molecule has 0 spiro atoms. The normalized spacial score (nSPS) is 17.9. The smallest absolute Gasteiger partial charge is 0.274 e. The van der Waals surface area contributed by atoms with Gasteiger partial charge in [-0.05, 0) is 43.9 Å². The van der Waals surface area contributed by atoms with E-state index in [1.165, 1.54) is 30.7 Å². The van der Waals surface area contributed by atoms with Crippen molar-refractivity contribution >= 4 is 17.6 Å². The van der Waals surface area contributed by atoms with Crippen molar-refractivity contribution in [1.82, 2.24) is 24.8 Å². The van der Waals surface area contributed by atoms with Gasteiger partial charge in [-0.25, -0.2) is 19.3 Å². The molecule has 168 valence electrons. The van der Waals surface area contributed by atoms with Crippen molar-refractivity contribution in [3.05, 3.63) is 77.0 Å². The van der Waals surface area contributed by atoms with Crippen molar-refractivity contribution < 1.29 is 14.0 Å². The molecule has 0 bridgehead atoms. The first-order valence-electron chi connectivity index (χ1n) is 11.0. The third-order valence-corrected chi connectivity index (χ3v) is 6.20. The lowest BCUT2D eigenvalue weighted by atomic mass is 10.0. The van der Waals surface area contributed by atoms with Crippen LogP contribution in [0.25, 0.3) is 0 Å². The predicted molar refractivity (Wildman–Crippen MR) is 118 cm³/mol. The van der Waals surface area contributed by atoms with Crippen LogP contribution in [0.3, 0.4) is 0 Å². The molecular formula is C24H23FN6O2. The van der Waals surface area contributed by atoms with E-state index in [1.54, 1.807) is 21.9 Å². The fraction of sp³-hybridized carbons (Fsp3) is 0.333. The van der Waals surface area contributed by atoms with E-state index >= 15 is 0 Å². The van der Waals surface area contributed by atoms with E-state index in [-0.39, 0.29) is 29.4 Å². The lowest BCUT2D eigenvalue weighted by Gasteiger charge is -2.31. The van der Waals surface area contributed by atoms with Crippen LogP contribution in [0.15, 0.2) is 42.9 Å². The Kier molecular flexibility index (Phi) is 5.53. The number of benzene rings is 1. The fourth-order valence-corrected chi connectivity index (χ4v) is 4.52. The van der Waals surface area contributed by atoms with Gasteiger partial charge in [-0.3, -0.25) is 19.5 Å². The number of hydrogen-bond donors (Lipinski definition) is 0. The molecule has 1 aromatic carbocycles. The molecule has 3 aromatic rings. The lowest BCUT2D eigenvalue weighted by Crippen LogP contribution is -2.37. The van der Waals surface area contributed by atoms with E-state index in [1.807, 2.05) is 6.92 Å². The Bertz CT molecular complexity index is 1200. The van der Waals surface area contributed by atoms with E-state index in [0.717, 1.165) is 29.7 Å². The molecule has 2 amide bonds. The van der Waals surface area contributed by atoms with Gasteiger partial charge in [0.25, 0.3) is 5.91 Å². The molecule has 8 nitrogen and oxygen atoms in total. The Hall–Kier alpha value is -3.75. The van der Waals surface area contributed by atoms with Crippen molar-refractivity contribution in [3.63, 3.8) is 0 Å². The van der Waals surface area contributed by atoms with E-state index in [9.17, 15) is 14.0 Å². The number of nitrogens with zero attached hydrogens (tertiary/aromatic N) is 6. The van der Waals surface area contributed by atoms with Crippen LogP contribution in [0.1, 0.15) is 58.4 Å². The third kappa shape index (κ3) is 4.06. The second kappa shape index (κ2) is 8.65. The van der Waals surface area contributed by atoms with E-state index < -0.39 is 0 Å². The average molecular weight is 446 g/mol. The molecule has 9 heteroatoms. The van der Waals surface area contributed by atoms with Gasteiger partial charge in [0, 0.05) is 36.6 Å². The molecule has 4 heterocycles. The highest BCUT2D eigenvalue weighted by Crippen LogP contribution is 2.35. The second-order valence-corrected chi connectivity index (χ2v) is 8.32. The van der Waals surface area contributed by atoms with Crippen LogP contribution in [0.5, 0.6) is 0 Å². The zero-order valence-electron chi connectivity index (χ0n) is 18.2. The van der Waals surface area contributed by atoms with Crippen molar-refractivity contribution in [2.24, 2.45) is 0 Å². The molecule has 5 rings (SSSR count). The number of fused-ring (bicyclic) bond motifs is 1. The third-order valence-electron chi connectivity index (χ3n) is 6.20. The number of likely N-dealkylation sites (tertiary alicyclic amines) is 1. The van der Waals surface area contributed by atoms with Gasteiger partial charge in [-0.15, -0.1) is 0 Å². The maximum atomic E-state index is 13.3. The number of aryl methyl sites for hydroxylation is 1. The van der Waals surface area contributed by atoms with Crippen LogP contribution in [0, 0.1) is 12.7 Å². The summed E-state index contributed by atoms with van der Waals surface area (Å²) in [5.41, 5.74) is 2.85. The van der Waals surface area contributed by atoms with Gasteiger partial charge < -0.3 is 4.90 Å². The van der Waals surface area contributed by atoms with Crippen LogP contribution in [0.2, 0.25) is 0 Å². The number of hydrogen-bond acceptors (Lipinski definition) is 6. The zero-order chi connectivity index (χ0) is 22.9. The quantitative estimate of drug-likeness (QED) is 0.611. The number of carbonyl (C=O) groups is 2. The van der Waals surface area contributed by atoms with Crippen molar-refractivity contribution in [2.75, 3.05) is 11.4 Å². The summed E-state index contributed by atoms with van der Waals surface area (Å²) in [4.78, 5) is 47.0. The molecule has 0 aliphatic carbocycles. The standard InChI is InChI=1S/C24H23FN6O2/c1-15-18-8-9-21(32)31(14-16-4-6-17(25)7-5-16)23(18)29-22(28-15)20-3-2-12-30(20)24(33)19-13-26-10-11-27-19/h4-7,10-11,13,20H,2-3,8-9,12,14H2,1H3/t20-/m1/s1. The molecule has 2 aromatic heterocycles. The summed E-state index contributed by atoms with van der Waals surface area (Å²) >= 11 is 0. The minimum atomic E-state index is -0.321. The Morgan fingerprint density at radius 2 is 1.97 bits per heavy atom. The van der Waals surface area contributed by atoms with Crippen molar-refractivity contribution in [2.45, 2.75) is 45.2 Å². The maximum Gasteiger partial charge on any atom is 0.274 e. The molecule has 1 saturated heterocycles. The Morgan fingerprint density at radius 3 is 2.73 bits per heavy atom. The highest BCUT2D eigenvalue weighted by Gasteiger charge is 2.36. The SMILES string of the molecule is Cc1nc([C@H]2CCCN2C(=O)c2cnccn2)nc2c1CCC(=O)N2Cc1ccc(F)cc1. The summed E-state index contributed by atoms with van der Waals surface area (Å²) in [5.74, 6) is 0.550. The Labute approximate surface area is 190 Å². The molecule has 0 N–H and O–H groups in total.